The van der Waals surface area contributed by atoms with Crippen molar-refractivity contribution in [3.05, 3.63) is 41.4 Å². The van der Waals surface area contributed by atoms with Crippen LogP contribution in [-0.4, -0.2) is 12.7 Å². The molecule has 1 aliphatic carbocycles. The number of anilines is 1. The normalized spacial score (nSPS) is 18.4. The Morgan fingerprint density at radius 2 is 2.11 bits per heavy atom. The zero-order valence-electron chi connectivity index (χ0n) is 10.1. The van der Waals surface area contributed by atoms with E-state index >= 15 is 0 Å². The Morgan fingerprint density at radius 3 is 2.78 bits per heavy atom. The number of hydrogen-bond acceptors (Lipinski definition) is 2. The van der Waals surface area contributed by atoms with Crippen molar-refractivity contribution in [1.82, 2.24) is 0 Å². The fraction of sp³-hybridized carbons (Fsp3) is 0.357. The number of amides is 1. The Hall–Kier alpha value is -1.48. The van der Waals surface area contributed by atoms with Gasteiger partial charge in [0, 0.05) is 10.7 Å². The molecule has 0 bridgehead atoms. The molecule has 1 aromatic carbocycles. The van der Waals surface area contributed by atoms with Crippen LogP contribution < -0.4 is 5.32 Å². The number of allylic oxidation sites excluding steroid dienone is 2. The van der Waals surface area contributed by atoms with E-state index in [1.807, 2.05) is 0 Å². The predicted octanol–water partition coefficient (Wildman–Crippen LogP) is 4.24. The highest BCUT2D eigenvalue weighted by Crippen LogP contribution is 2.18. The van der Waals surface area contributed by atoms with E-state index in [9.17, 15) is 4.79 Å². The maximum absolute atomic E-state index is 11.6. The van der Waals surface area contributed by atoms with Gasteiger partial charge in [-0.2, -0.15) is 0 Å². The first-order valence-corrected chi connectivity index (χ1v) is 6.46. The van der Waals surface area contributed by atoms with E-state index in [0.29, 0.717) is 23.2 Å². The van der Waals surface area contributed by atoms with Crippen LogP contribution in [0.5, 0.6) is 0 Å². The Labute approximate surface area is 112 Å². The Balaban J connectivity index is 1.74. The van der Waals surface area contributed by atoms with Crippen LogP contribution in [0.3, 0.4) is 0 Å². The first-order chi connectivity index (χ1) is 8.74. The lowest BCUT2D eigenvalue weighted by atomic mass is 9.95. The Morgan fingerprint density at radius 1 is 1.33 bits per heavy atom. The van der Waals surface area contributed by atoms with Gasteiger partial charge in [0.05, 0.1) is 6.61 Å². The van der Waals surface area contributed by atoms with E-state index in [-0.39, 0.29) is 0 Å². The first-order valence-electron chi connectivity index (χ1n) is 6.08. The van der Waals surface area contributed by atoms with Crippen LogP contribution in [0.2, 0.25) is 5.02 Å². The largest absolute Gasteiger partial charge is 0.449 e. The maximum Gasteiger partial charge on any atom is 0.411 e. The summed E-state index contributed by atoms with van der Waals surface area (Å²) < 4.78 is 5.20. The molecule has 0 saturated carbocycles. The second kappa shape index (κ2) is 6.45. The fourth-order valence-corrected chi connectivity index (χ4v) is 2.01. The van der Waals surface area contributed by atoms with Crippen LogP contribution in [0.4, 0.5) is 10.5 Å². The van der Waals surface area contributed by atoms with Crippen LogP contribution >= 0.6 is 11.6 Å². The highest BCUT2D eigenvalue weighted by molar-refractivity contribution is 6.30. The number of rotatable bonds is 3. The van der Waals surface area contributed by atoms with Crippen molar-refractivity contribution >= 4 is 23.4 Å². The molecule has 1 unspecified atom stereocenters. The lowest BCUT2D eigenvalue weighted by Crippen LogP contribution is -2.19. The van der Waals surface area contributed by atoms with Crippen LogP contribution in [0.25, 0.3) is 0 Å². The van der Waals surface area contributed by atoms with Crippen molar-refractivity contribution in [2.75, 3.05) is 11.9 Å². The summed E-state index contributed by atoms with van der Waals surface area (Å²) in [5.41, 5.74) is 0.688. The standard InChI is InChI=1S/C14H16ClNO2/c15-12-6-8-13(9-7-12)16-14(17)18-10-11-4-2-1-3-5-11/h1-2,6-9,11H,3-5,10H2,(H,16,17). The van der Waals surface area contributed by atoms with Gasteiger partial charge in [0.15, 0.2) is 0 Å². The van der Waals surface area contributed by atoms with Gasteiger partial charge in [-0.25, -0.2) is 4.79 Å². The molecule has 96 valence electrons. The van der Waals surface area contributed by atoms with Gasteiger partial charge in [-0.15, -0.1) is 0 Å². The van der Waals surface area contributed by atoms with E-state index in [4.69, 9.17) is 16.3 Å². The number of carbonyl (C=O) groups is 1. The highest BCUT2D eigenvalue weighted by atomic mass is 35.5. The molecule has 0 fully saturated rings. The molecule has 0 aliphatic heterocycles. The average Bonchev–Trinajstić information content (AvgIpc) is 2.40. The summed E-state index contributed by atoms with van der Waals surface area (Å²) in [4.78, 5) is 11.6. The molecule has 1 atom stereocenters. The summed E-state index contributed by atoms with van der Waals surface area (Å²) in [5.74, 6) is 0.450. The van der Waals surface area contributed by atoms with Gasteiger partial charge >= 0.3 is 6.09 Å². The number of halogens is 1. The topological polar surface area (TPSA) is 38.3 Å². The summed E-state index contributed by atoms with van der Waals surface area (Å²) in [6.07, 6.45) is 7.07. The van der Waals surface area contributed by atoms with Gasteiger partial charge in [0.1, 0.15) is 0 Å². The Bertz CT molecular complexity index is 428. The molecule has 1 aromatic rings. The molecular formula is C14H16ClNO2. The molecule has 4 heteroatoms. The monoisotopic (exact) mass is 265 g/mol. The molecule has 0 spiro atoms. The number of benzene rings is 1. The Kier molecular flexibility index (Phi) is 4.65. The summed E-state index contributed by atoms with van der Waals surface area (Å²) in [6, 6.07) is 6.94. The molecule has 0 saturated heterocycles. The summed E-state index contributed by atoms with van der Waals surface area (Å²) >= 11 is 5.76. The number of carbonyl (C=O) groups excluding carboxylic acids is 1. The van der Waals surface area contributed by atoms with Gasteiger partial charge in [0.25, 0.3) is 0 Å². The second-order valence-corrected chi connectivity index (χ2v) is 4.82. The fourth-order valence-electron chi connectivity index (χ4n) is 1.89. The molecule has 1 amide bonds. The molecule has 3 nitrogen and oxygen atoms in total. The molecular weight excluding hydrogens is 250 g/mol. The number of hydrogen-bond donors (Lipinski definition) is 1. The minimum atomic E-state index is -0.410. The quantitative estimate of drug-likeness (QED) is 0.830. The van der Waals surface area contributed by atoms with Gasteiger partial charge in [-0.05, 0) is 49.4 Å². The van der Waals surface area contributed by atoms with Crippen LogP contribution in [0, 0.1) is 5.92 Å². The third kappa shape index (κ3) is 4.08. The van der Waals surface area contributed by atoms with E-state index in [1.165, 1.54) is 0 Å². The third-order valence-electron chi connectivity index (χ3n) is 2.92. The van der Waals surface area contributed by atoms with Gasteiger partial charge in [-0.1, -0.05) is 23.8 Å². The molecule has 18 heavy (non-hydrogen) atoms. The molecule has 0 heterocycles. The minimum absolute atomic E-state index is 0.410. The summed E-state index contributed by atoms with van der Waals surface area (Å²) in [7, 11) is 0. The summed E-state index contributed by atoms with van der Waals surface area (Å²) in [5, 5.41) is 3.31. The third-order valence-corrected chi connectivity index (χ3v) is 3.17. The van der Waals surface area contributed by atoms with Crippen molar-refractivity contribution < 1.29 is 9.53 Å². The molecule has 1 N–H and O–H groups in total. The SMILES string of the molecule is O=C(Nc1ccc(Cl)cc1)OCC1CC=CCC1. The lowest BCUT2D eigenvalue weighted by Gasteiger charge is -2.17. The van der Waals surface area contributed by atoms with E-state index in [1.54, 1.807) is 24.3 Å². The van der Waals surface area contributed by atoms with E-state index in [0.717, 1.165) is 19.3 Å². The van der Waals surface area contributed by atoms with Crippen molar-refractivity contribution in [2.24, 2.45) is 5.92 Å². The van der Waals surface area contributed by atoms with Crippen molar-refractivity contribution in [2.45, 2.75) is 19.3 Å². The van der Waals surface area contributed by atoms with Crippen LogP contribution in [-0.2, 0) is 4.74 Å². The molecule has 1 aliphatic rings. The molecule has 0 aromatic heterocycles. The number of nitrogens with one attached hydrogen (secondary N) is 1. The molecule has 2 rings (SSSR count). The first kappa shape index (κ1) is 13.0. The average molecular weight is 266 g/mol. The molecule has 0 radical (unpaired) electrons. The summed E-state index contributed by atoms with van der Waals surface area (Å²) in [6.45, 7) is 0.476. The highest BCUT2D eigenvalue weighted by Gasteiger charge is 2.12. The van der Waals surface area contributed by atoms with E-state index < -0.39 is 6.09 Å². The van der Waals surface area contributed by atoms with Crippen molar-refractivity contribution in [3.63, 3.8) is 0 Å². The smallest absolute Gasteiger partial charge is 0.411 e. The minimum Gasteiger partial charge on any atom is -0.449 e. The number of ether oxygens (including phenoxy) is 1. The van der Waals surface area contributed by atoms with Gasteiger partial charge < -0.3 is 4.74 Å². The van der Waals surface area contributed by atoms with Gasteiger partial charge in [0.2, 0.25) is 0 Å². The second-order valence-electron chi connectivity index (χ2n) is 4.38. The maximum atomic E-state index is 11.6. The van der Waals surface area contributed by atoms with Crippen molar-refractivity contribution in [3.8, 4) is 0 Å². The lowest BCUT2D eigenvalue weighted by molar-refractivity contribution is 0.138. The zero-order chi connectivity index (χ0) is 12.8. The van der Waals surface area contributed by atoms with Crippen LogP contribution in [0.15, 0.2) is 36.4 Å². The zero-order valence-corrected chi connectivity index (χ0v) is 10.8. The predicted molar refractivity (Wildman–Crippen MR) is 72.9 cm³/mol. The van der Waals surface area contributed by atoms with Crippen molar-refractivity contribution in [1.29, 1.82) is 0 Å². The van der Waals surface area contributed by atoms with Gasteiger partial charge in [-0.3, -0.25) is 5.32 Å². The van der Waals surface area contributed by atoms with E-state index in [2.05, 4.69) is 17.5 Å². The van der Waals surface area contributed by atoms with Crippen LogP contribution in [0.1, 0.15) is 19.3 Å².